The topological polar surface area (TPSA) is 121 Å². The maximum Gasteiger partial charge on any atom is 0.332 e. The number of carboxylic acids is 1. The monoisotopic (exact) mass is 509 g/mol. The first-order valence-electron chi connectivity index (χ1n) is 12.0. The number of carbonyl (C=O) groups is 3. The van der Waals surface area contributed by atoms with E-state index in [9.17, 15) is 19.5 Å². The zero-order valence-electron chi connectivity index (χ0n) is 20.1. The molecule has 5 rings (SSSR count). The molecule has 0 aromatic heterocycles. The van der Waals surface area contributed by atoms with Gasteiger partial charge in [0.15, 0.2) is 18.7 Å². The molecule has 0 saturated carbocycles. The van der Waals surface area contributed by atoms with Crippen LogP contribution in [0, 0.1) is 0 Å². The van der Waals surface area contributed by atoms with E-state index in [-0.39, 0.29) is 24.3 Å². The van der Waals surface area contributed by atoms with Gasteiger partial charge in [-0.15, -0.1) is 6.58 Å². The zero-order chi connectivity index (χ0) is 26.1. The molecule has 3 aliphatic rings. The van der Waals surface area contributed by atoms with Gasteiger partial charge in [-0.05, 0) is 19.1 Å². The van der Waals surface area contributed by atoms with Crippen LogP contribution in [0.5, 0.6) is 0 Å². The average Bonchev–Trinajstić information content (AvgIpc) is 3.17. The molecule has 2 saturated heterocycles. The lowest BCUT2D eigenvalue weighted by Crippen LogP contribution is -2.68. The molecule has 7 atom stereocenters. The molecule has 3 heterocycles. The Labute approximate surface area is 213 Å². The van der Waals surface area contributed by atoms with Crippen LogP contribution in [0.4, 0.5) is 0 Å². The van der Waals surface area contributed by atoms with E-state index in [4.69, 9.17) is 23.7 Å². The molecule has 0 radical (unpaired) electrons. The molecule has 0 bridgehead atoms. The number of ether oxygens (including phenoxy) is 5. The highest BCUT2D eigenvalue weighted by molar-refractivity contribution is 6.21. The molecule has 0 aliphatic carbocycles. The van der Waals surface area contributed by atoms with Crippen molar-refractivity contribution in [2.45, 2.75) is 50.0 Å². The molecule has 2 fully saturated rings. The summed E-state index contributed by atoms with van der Waals surface area (Å²) in [5, 5.41) is 9.63. The first-order valence-corrected chi connectivity index (χ1v) is 12.0. The minimum Gasteiger partial charge on any atom is -0.479 e. The Morgan fingerprint density at radius 2 is 1.76 bits per heavy atom. The van der Waals surface area contributed by atoms with E-state index in [1.165, 1.54) is 13.0 Å². The van der Waals surface area contributed by atoms with Crippen LogP contribution in [0.1, 0.15) is 39.5 Å². The highest BCUT2D eigenvalue weighted by Gasteiger charge is 2.57. The molecule has 1 N–H and O–H groups in total. The van der Waals surface area contributed by atoms with Crippen molar-refractivity contribution >= 4 is 17.8 Å². The highest BCUT2D eigenvalue weighted by Crippen LogP contribution is 2.40. The summed E-state index contributed by atoms with van der Waals surface area (Å²) in [5.41, 5.74) is 1.21. The van der Waals surface area contributed by atoms with Gasteiger partial charge in [-0.1, -0.05) is 48.5 Å². The highest BCUT2D eigenvalue weighted by atomic mass is 16.8. The second-order valence-corrected chi connectivity index (χ2v) is 8.94. The molecule has 3 aliphatic heterocycles. The largest absolute Gasteiger partial charge is 0.479 e. The third-order valence-electron chi connectivity index (χ3n) is 6.59. The molecule has 10 nitrogen and oxygen atoms in total. The molecule has 37 heavy (non-hydrogen) atoms. The molecule has 10 heteroatoms. The lowest BCUT2D eigenvalue weighted by atomic mass is 9.93. The van der Waals surface area contributed by atoms with Gasteiger partial charge in [-0.25, -0.2) is 4.79 Å². The van der Waals surface area contributed by atoms with Gasteiger partial charge >= 0.3 is 5.97 Å². The second kappa shape index (κ2) is 10.5. The van der Waals surface area contributed by atoms with Crippen molar-refractivity contribution in [2.75, 3.05) is 13.2 Å². The molecule has 2 aromatic carbocycles. The SMILES string of the molecule is C=CCO[C@@H]1O[C@@H]2CO[C@@H](c3ccccc3)O[C@H]2[C@H](O[C@H](C)C(=O)O)[C@H]1N1C(=O)c2ccccc2C1=O. The van der Waals surface area contributed by atoms with Gasteiger partial charge in [-0.2, -0.15) is 0 Å². The first kappa shape index (κ1) is 25.2. The number of fused-ring (bicyclic) bond motifs is 2. The van der Waals surface area contributed by atoms with Crippen molar-refractivity contribution in [3.63, 3.8) is 0 Å². The Hall–Kier alpha value is -3.41. The van der Waals surface area contributed by atoms with E-state index in [0.29, 0.717) is 0 Å². The molecular weight excluding hydrogens is 482 g/mol. The fourth-order valence-corrected chi connectivity index (χ4v) is 4.84. The summed E-state index contributed by atoms with van der Waals surface area (Å²) in [6.45, 7) is 5.18. The van der Waals surface area contributed by atoms with E-state index in [0.717, 1.165) is 10.5 Å². The van der Waals surface area contributed by atoms with Crippen molar-refractivity contribution in [2.24, 2.45) is 0 Å². The Kier molecular flexibility index (Phi) is 7.18. The van der Waals surface area contributed by atoms with Crippen LogP contribution in [0.2, 0.25) is 0 Å². The van der Waals surface area contributed by atoms with Crippen LogP contribution in [-0.4, -0.2) is 77.8 Å². The summed E-state index contributed by atoms with van der Waals surface area (Å²) in [4.78, 5) is 39.8. The number of aliphatic carboxylic acids is 1. The minimum absolute atomic E-state index is 0.0529. The van der Waals surface area contributed by atoms with Crippen molar-refractivity contribution in [3.8, 4) is 0 Å². The van der Waals surface area contributed by atoms with Gasteiger partial charge in [0.2, 0.25) is 0 Å². The molecular formula is C27H27NO9. The Balaban J connectivity index is 1.55. The van der Waals surface area contributed by atoms with Crippen molar-refractivity contribution in [3.05, 3.63) is 83.9 Å². The van der Waals surface area contributed by atoms with Crippen LogP contribution in [0.15, 0.2) is 67.3 Å². The third kappa shape index (κ3) is 4.70. The van der Waals surface area contributed by atoms with E-state index in [1.807, 2.05) is 30.3 Å². The zero-order valence-corrected chi connectivity index (χ0v) is 20.1. The Bertz CT molecular complexity index is 1150. The lowest BCUT2D eigenvalue weighted by molar-refractivity contribution is -0.354. The molecule has 2 amide bonds. The minimum atomic E-state index is -1.27. The molecule has 194 valence electrons. The third-order valence-corrected chi connectivity index (χ3v) is 6.59. The van der Waals surface area contributed by atoms with Crippen LogP contribution in [-0.2, 0) is 28.5 Å². The molecule has 0 spiro atoms. The Morgan fingerprint density at radius 1 is 1.11 bits per heavy atom. The molecule has 2 aromatic rings. The summed E-state index contributed by atoms with van der Waals surface area (Å²) >= 11 is 0. The number of carbonyl (C=O) groups excluding carboxylic acids is 2. The van der Waals surface area contributed by atoms with E-state index < -0.39 is 60.8 Å². The fourth-order valence-electron chi connectivity index (χ4n) is 4.84. The normalized spacial score (nSPS) is 29.9. The number of hydrogen-bond acceptors (Lipinski definition) is 8. The fraction of sp³-hybridized carbons (Fsp3) is 0.370. The average molecular weight is 510 g/mol. The van der Waals surface area contributed by atoms with E-state index >= 15 is 0 Å². The summed E-state index contributed by atoms with van der Waals surface area (Å²) in [6, 6.07) is 14.5. The van der Waals surface area contributed by atoms with Crippen LogP contribution >= 0.6 is 0 Å². The predicted molar refractivity (Wildman–Crippen MR) is 128 cm³/mol. The van der Waals surface area contributed by atoms with Crippen LogP contribution in [0.25, 0.3) is 0 Å². The number of imide groups is 1. The first-order chi connectivity index (χ1) is 17.9. The number of amides is 2. The maximum absolute atomic E-state index is 13.5. The lowest BCUT2D eigenvalue weighted by Gasteiger charge is -2.51. The number of nitrogens with zero attached hydrogens (tertiary/aromatic N) is 1. The van der Waals surface area contributed by atoms with E-state index in [2.05, 4.69) is 6.58 Å². The quantitative estimate of drug-likeness (QED) is 0.423. The molecule has 0 unspecified atom stereocenters. The summed E-state index contributed by atoms with van der Waals surface area (Å²) in [7, 11) is 0. The maximum atomic E-state index is 13.5. The summed E-state index contributed by atoms with van der Waals surface area (Å²) in [5.74, 6) is -2.31. The standard InChI is InChI=1S/C27H27NO9/c1-3-13-33-27-20(28-23(29)17-11-7-8-12-18(17)24(28)30)22(35-15(2)25(31)32)21-19(36-27)14-34-26(37-21)16-9-5-4-6-10-16/h3-12,15,19-22,26-27H,1,13-14H2,2H3,(H,31,32)/t15-,19-,20-,21-,22-,26-,27-/m1/s1. The van der Waals surface area contributed by atoms with Crippen LogP contribution < -0.4 is 0 Å². The van der Waals surface area contributed by atoms with Gasteiger partial charge in [-0.3, -0.25) is 14.5 Å². The number of rotatable bonds is 8. The van der Waals surface area contributed by atoms with Gasteiger partial charge < -0.3 is 28.8 Å². The van der Waals surface area contributed by atoms with Gasteiger partial charge in [0.25, 0.3) is 11.8 Å². The Morgan fingerprint density at radius 3 is 2.38 bits per heavy atom. The van der Waals surface area contributed by atoms with E-state index in [1.54, 1.807) is 24.3 Å². The number of carboxylic acid groups (broad SMARTS) is 1. The van der Waals surface area contributed by atoms with Crippen molar-refractivity contribution < 1.29 is 43.2 Å². The summed E-state index contributed by atoms with van der Waals surface area (Å²) in [6.07, 6.45) is -4.39. The predicted octanol–water partition coefficient (Wildman–Crippen LogP) is 2.55. The van der Waals surface area contributed by atoms with Crippen molar-refractivity contribution in [1.29, 1.82) is 0 Å². The number of hydrogen-bond donors (Lipinski definition) is 1. The van der Waals surface area contributed by atoms with Gasteiger partial charge in [0.1, 0.15) is 24.4 Å². The second-order valence-electron chi connectivity index (χ2n) is 8.94. The smallest absolute Gasteiger partial charge is 0.332 e. The van der Waals surface area contributed by atoms with Crippen LogP contribution in [0.3, 0.4) is 0 Å². The van der Waals surface area contributed by atoms with Gasteiger partial charge in [0, 0.05) is 5.56 Å². The number of benzene rings is 2. The van der Waals surface area contributed by atoms with Crippen molar-refractivity contribution in [1.82, 2.24) is 4.90 Å². The van der Waals surface area contributed by atoms with Gasteiger partial charge in [0.05, 0.1) is 24.3 Å². The summed E-state index contributed by atoms with van der Waals surface area (Å²) < 4.78 is 30.2.